The summed E-state index contributed by atoms with van der Waals surface area (Å²) in [4.78, 5) is 3.08. The van der Waals surface area contributed by atoms with Gasteiger partial charge in [0.05, 0.1) is 18.7 Å². The lowest BCUT2D eigenvalue weighted by Crippen LogP contribution is -2.10. The van der Waals surface area contributed by atoms with Gasteiger partial charge in [0.15, 0.2) is 0 Å². The Morgan fingerprint density at radius 1 is 1.53 bits per heavy atom. The number of benzene rings is 1. The molecule has 0 spiro atoms. The fraction of sp³-hybridized carbons (Fsp3) is 0.273. The highest BCUT2D eigenvalue weighted by molar-refractivity contribution is 5.88. The van der Waals surface area contributed by atoms with Gasteiger partial charge < -0.3 is 20.6 Å². The molecule has 0 aliphatic rings. The van der Waals surface area contributed by atoms with E-state index in [0.29, 0.717) is 0 Å². The molecule has 4 heteroatoms. The topological polar surface area (TPSA) is 71.3 Å². The lowest BCUT2D eigenvalue weighted by molar-refractivity contribution is 0.188. The Morgan fingerprint density at radius 3 is 3.00 bits per heavy atom. The molecule has 80 valence electrons. The van der Waals surface area contributed by atoms with Gasteiger partial charge in [-0.1, -0.05) is 12.1 Å². The smallest absolute Gasteiger partial charge is 0.142 e. The Hall–Kier alpha value is -1.52. The molecule has 0 saturated heterocycles. The number of para-hydroxylation sites is 1. The van der Waals surface area contributed by atoms with Gasteiger partial charge in [-0.3, -0.25) is 0 Å². The molecule has 0 aliphatic heterocycles. The number of H-pyrrole nitrogens is 1. The van der Waals surface area contributed by atoms with Crippen LogP contribution in [0.3, 0.4) is 0 Å². The number of aliphatic hydroxyl groups excluding tert-OH is 1. The van der Waals surface area contributed by atoms with Crippen molar-refractivity contribution < 1.29 is 9.84 Å². The number of aromatic amines is 1. The van der Waals surface area contributed by atoms with Gasteiger partial charge in [-0.25, -0.2) is 0 Å². The highest BCUT2D eigenvalue weighted by Crippen LogP contribution is 2.29. The molecule has 0 aliphatic carbocycles. The first kappa shape index (κ1) is 10.0. The van der Waals surface area contributed by atoms with E-state index in [9.17, 15) is 5.11 Å². The second-order valence-corrected chi connectivity index (χ2v) is 3.38. The Morgan fingerprint density at radius 2 is 2.33 bits per heavy atom. The Bertz CT molecular complexity index is 465. The number of hydrogen-bond donors (Lipinski definition) is 3. The normalized spacial score (nSPS) is 13.0. The predicted molar refractivity (Wildman–Crippen MR) is 58.9 cm³/mol. The van der Waals surface area contributed by atoms with E-state index < -0.39 is 6.10 Å². The largest absolute Gasteiger partial charge is 0.495 e. The monoisotopic (exact) mass is 206 g/mol. The highest BCUT2D eigenvalue weighted by atomic mass is 16.5. The van der Waals surface area contributed by atoms with Gasteiger partial charge in [-0.15, -0.1) is 0 Å². The first-order chi connectivity index (χ1) is 7.27. The van der Waals surface area contributed by atoms with Crippen molar-refractivity contribution >= 4 is 10.9 Å². The SMILES string of the molecule is COc1cccc2c(C(O)CN)c[nH]c12. The van der Waals surface area contributed by atoms with Crippen LogP contribution in [-0.4, -0.2) is 23.7 Å². The third-order valence-electron chi connectivity index (χ3n) is 2.51. The van der Waals surface area contributed by atoms with Crippen LogP contribution in [0.4, 0.5) is 0 Å². The molecule has 0 saturated carbocycles. The second-order valence-electron chi connectivity index (χ2n) is 3.38. The van der Waals surface area contributed by atoms with Crippen molar-refractivity contribution in [2.75, 3.05) is 13.7 Å². The Balaban J connectivity index is 2.60. The quantitative estimate of drug-likeness (QED) is 0.706. The molecule has 4 nitrogen and oxygen atoms in total. The zero-order valence-electron chi connectivity index (χ0n) is 8.53. The minimum Gasteiger partial charge on any atom is -0.495 e. The van der Waals surface area contributed by atoms with Crippen LogP contribution in [0.1, 0.15) is 11.7 Å². The van der Waals surface area contributed by atoms with Gasteiger partial charge in [-0.2, -0.15) is 0 Å². The first-order valence-electron chi connectivity index (χ1n) is 4.80. The van der Waals surface area contributed by atoms with Crippen LogP contribution < -0.4 is 10.5 Å². The highest BCUT2D eigenvalue weighted by Gasteiger charge is 2.13. The molecule has 15 heavy (non-hydrogen) atoms. The molecule has 2 rings (SSSR count). The third kappa shape index (κ3) is 1.58. The predicted octanol–water partition coefficient (Wildman–Crippen LogP) is 1.17. The zero-order chi connectivity index (χ0) is 10.8. The number of methoxy groups -OCH3 is 1. The third-order valence-corrected chi connectivity index (χ3v) is 2.51. The summed E-state index contributed by atoms with van der Waals surface area (Å²) in [5, 5.41) is 10.6. The van der Waals surface area contributed by atoms with E-state index in [1.54, 1.807) is 13.3 Å². The molecule has 2 aromatic rings. The van der Waals surface area contributed by atoms with E-state index in [1.807, 2.05) is 18.2 Å². The number of ether oxygens (including phenoxy) is 1. The van der Waals surface area contributed by atoms with Crippen molar-refractivity contribution in [3.63, 3.8) is 0 Å². The number of aliphatic hydroxyl groups is 1. The van der Waals surface area contributed by atoms with E-state index in [2.05, 4.69) is 4.98 Å². The standard InChI is InChI=1S/C11H14N2O2/c1-15-10-4-2-3-7-8(9(14)5-12)6-13-11(7)10/h2-4,6,9,13-14H,5,12H2,1H3. The maximum absolute atomic E-state index is 9.69. The van der Waals surface area contributed by atoms with E-state index in [0.717, 1.165) is 22.2 Å². The molecule has 0 fully saturated rings. The van der Waals surface area contributed by atoms with Crippen LogP contribution in [-0.2, 0) is 0 Å². The summed E-state index contributed by atoms with van der Waals surface area (Å²) in [6, 6.07) is 5.70. The number of hydrogen-bond acceptors (Lipinski definition) is 3. The number of fused-ring (bicyclic) bond motifs is 1. The van der Waals surface area contributed by atoms with Crippen molar-refractivity contribution in [1.82, 2.24) is 4.98 Å². The van der Waals surface area contributed by atoms with Crippen molar-refractivity contribution in [2.24, 2.45) is 5.73 Å². The van der Waals surface area contributed by atoms with Crippen LogP contribution >= 0.6 is 0 Å². The van der Waals surface area contributed by atoms with Crippen LogP contribution in [0.2, 0.25) is 0 Å². The van der Waals surface area contributed by atoms with Crippen LogP contribution in [0.15, 0.2) is 24.4 Å². The van der Waals surface area contributed by atoms with E-state index >= 15 is 0 Å². The average Bonchev–Trinajstić information content (AvgIpc) is 2.71. The Labute approximate surface area is 87.7 Å². The van der Waals surface area contributed by atoms with Crippen molar-refractivity contribution in [1.29, 1.82) is 0 Å². The molecule has 0 radical (unpaired) electrons. The van der Waals surface area contributed by atoms with Gasteiger partial charge in [0.1, 0.15) is 5.75 Å². The van der Waals surface area contributed by atoms with Crippen molar-refractivity contribution in [3.05, 3.63) is 30.0 Å². The number of aromatic nitrogens is 1. The lowest BCUT2D eigenvalue weighted by atomic mass is 10.1. The number of nitrogens with two attached hydrogens (primary N) is 1. The summed E-state index contributed by atoms with van der Waals surface area (Å²) in [5.41, 5.74) is 7.13. The van der Waals surface area contributed by atoms with Crippen molar-refractivity contribution in [3.8, 4) is 5.75 Å². The summed E-state index contributed by atoms with van der Waals surface area (Å²) >= 11 is 0. The zero-order valence-corrected chi connectivity index (χ0v) is 8.53. The maximum atomic E-state index is 9.69. The summed E-state index contributed by atoms with van der Waals surface area (Å²) < 4.78 is 5.21. The molecule has 1 atom stereocenters. The molecule has 1 heterocycles. The van der Waals surface area contributed by atoms with Gasteiger partial charge >= 0.3 is 0 Å². The summed E-state index contributed by atoms with van der Waals surface area (Å²) in [6.45, 7) is 0.212. The van der Waals surface area contributed by atoms with Crippen LogP contribution in [0.25, 0.3) is 10.9 Å². The van der Waals surface area contributed by atoms with Crippen LogP contribution in [0.5, 0.6) is 5.75 Å². The van der Waals surface area contributed by atoms with Gasteiger partial charge in [0.25, 0.3) is 0 Å². The van der Waals surface area contributed by atoms with E-state index in [-0.39, 0.29) is 6.54 Å². The average molecular weight is 206 g/mol. The summed E-state index contributed by atoms with van der Waals surface area (Å²) in [5.74, 6) is 0.767. The fourth-order valence-electron chi connectivity index (χ4n) is 1.72. The minimum absolute atomic E-state index is 0.212. The van der Waals surface area contributed by atoms with E-state index in [4.69, 9.17) is 10.5 Å². The fourth-order valence-corrected chi connectivity index (χ4v) is 1.72. The van der Waals surface area contributed by atoms with Crippen LogP contribution in [0, 0.1) is 0 Å². The first-order valence-corrected chi connectivity index (χ1v) is 4.80. The van der Waals surface area contributed by atoms with Crippen molar-refractivity contribution in [2.45, 2.75) is 6.10 Å². The molecule has 0 bridgehead atoms. The lowest BCUT2D eigenvalue weighted by Gasteiger charge is -2.06. The van der Waals surface area contributed by atoms with Gasteiger partial charge in [-0.05, 0) is 6.07 Å². The Kier molecular flexibility index (Phi) is 2.62. The molecular weight excluding hydrogens is 192 g/mol. The van der Waals surface area contributed by atoms with Gasteiger partial charge in [0.2, 0.25) is 0 Å². The second kappa shape index (κ2) is 3.92. The summed E-state index contributed by atoms with van der Waals surface area (Å²) in [6.07, 6.45) is 1.14. The van der Waals surface area contributed by atoms with E-state index in [1.165, 1.54) is 0 Å². The molecular formula is C11H14N2O2. The van der Waals surface area contributed by atoms with Gasteiger partial charge in [0, 0.05) is 23.7 Å². The number of rotatable bonds is 3. The molecule has 1 aromatic heterocycles. The maximum Gasteiger partial charge on any atom is 0.142 e. The summed E-state index contributed by atoms with van der Waals surface area (Å²) in [7, 11) is 1.62. The molecule has 1 aromatic carbocycles. The molecule has 4 N–H and O–H groups in total. The number of nitrogens with one attached hydrogen (secondary N) is 1. The minimum atomic E-state index is -0.633. The molecule has 1 unspecified atom stereocenters. The molecule has 0 amide bonds.